The van der Waals surface area contributed by atoms with Gasteiger partial charge in [-0.1, -0.05) is 29.8 Å². The van der Waals surface area contributed by atoms with Crippen molar-refractivity contribution in [3.05, 3.63) is 63.5 Å². The molecule has 0 aliphatic rings. The van der Waals surface area contributed by atoms with Crippen LogP contribution in [0.5, 0.6) is 0 Å². The molecule has 1 amide bonds. The number of pyridine rings is 1. The van der Waals surface area contributed by atoms with Crippen LogP contribution in [0.25, 0.3) is 10.9 Å². The molecular weight excluding hydrogens is 354 g/mol. The Kier molecular flexibility index (Phi) is 3.94. The molecule has 0 spiro atoms. The van der Waals surface area contributed by atoms with Crippen LogP contribution in [0.2, 0.25) is 5.15 Å². The zero-order valence-corrected chi connectivity index (χ0v) is 13.2. The number of H-pyrrole nitrogens is 1. The van der Waals surface area contributed by atoms with E-state index in [1.54, 1.807) is 18.5 Å². The van der Waals surface area contributed by atoms with Crippen molar-refractivity contribution in [3.63, 3.8) is 0 Å². The van der Waals surface area contributed by atoms with Crippen molar-refractivity contribution in [2.24, 2.45) is 0 Å². The molecule has 0 saturated heterocycles. The minimum atomic E-state index is -0.130. The van der Waals surface area contributed by atoms with Crippen molar-refractivity contribution >= 4 is 44.3 Å². The lowest BCUT2D eigenvalue weighted by Crippen LogP contribution is -2.22. The van der Waals surface area contributed by atoms with E-state index in [9.17, 15) is 4.79 Å². The standard InChI is InChI=1S/C15H11BrClN3O/c16-12-3-1-2-10-11(8-19-14(10)12)15(21)20-7-9-4-5-13(17)18-6-9/h1-6,8,19H,7H2,(H,20,21). The van der Waals surface area contributed by atoms with Gasteiger partial charge in [-0.15, -0.1) is 0 Å². The zero-order valence-electron chi connectivity index (χ0n) is 10.9. The number of para-hydroxylation sites is 1. The van der Waals surface area contributed by atoms with Crippen LogP contribution in [0.1, 0.15) is 15.9 Å². The average Bonchev–Trinajstić information content (AvgIpc) is 2.92. The highest BCUT2D eigenvalue weighted by atomic mass is 79.9. The number of aromatic nitrogens is 2. The van der Waals surface area contributed by atoms with Gasteiger partial charge in [0, 0.05) is 28.8 Å². The number of halogens is 2. The van der Waals surface area contributed by atoms with Crippen LogP contribution in [0, 0.1) is 0 Å². The number of rotatable bonds is 3. The smallest absolute Gasteiger partial charge is 0.253 e. The number of carbonyl (C=O) groups is 1. The highest BCUT2D eigenvalue weighted by Crippen LogP contribution is 2.25. The van der Waals surface area contributed by atoms with E-state index >= 15 is 0 Å². The summed E-state index contributed by atoms with van der Waals surface area (Å²) in [5, 5.41) is 4.20. The molecular formula is C15H11BrClN3O. The third kappa shape index (κ3) is 2.94. The molecule has 2 heterocycles. The highest BCUT2D eigenvalue weighted by molar-refractivity contribution is 9.10. The maximum absolute atomic E-state index is 12.3. The number of carbonyl (C=O) groups excluding carboxylic acids is 1. The van der Waals surface area contributed by atoms with Gasteiger partial charge in [-0.25, -0.2) is 4.98 Å². The van der Waals surface area contributed by atoms with Crippen molar-refractivity contribution < 1.29 is 4.79 Å². The van der Waals surface area contributed by atoms with Gasteiger partial charge in [-0.2, -0.15) is 0 Å². The quantitative estimate of drug-likeness (QED) is 0.692. The second-order valence-electron chi connectivity index (χ2n) is 4.54. The summed E-state index contributed by atoms with van der Waals surface area (Å²) in [6.45, 7) is 0.406. The van der Waals surface area contributed by atoms with Gasteiger partial charge >= 0.3 is 0 Å². The third-order valence-electron chi connectivity index (χ3n) is 3.15. The van der Waals surface area contributed by atoms with E-state index in [2.05, 4.69) is 31.2 Å². The summed E-state index contributed by atoms with van der Waals surface area (Å²) in [4.78, 5) is 19.4. The Morgan fingerprint density at radius 2 is 2.19 bits per heavy atom. The molecule has 0 radical (unpaired) electrons. The molecule has 106 valence electrons. The molecule has 3 rings (SSSR count). The van der Waals surface area contributed by atoms with E-state index < -0.39 is 0 Å². The summed E-state index contributed by atoms with van der Waals surface area (Å²) >= 11 is 9.19. The number of hydrogen-bond acceptors (Lipinski definition) is 2. The van der Waals surface area contributed by atoms with Gasteiger partial charge in [0.15, 0.2) is 0 Å². The summed E-state index contributed by atoms with van der Waals surface area (Å²) in [5.41, 5.74) is 2.43. The first-order chi connectivity index (χ1) is 10.1. The van der Waals surface area contributed by atoms with Gasteiger partial charge in [0.2, 0.25) is 0 Å². The van der Waals surface area contributed by atoms with E-state index in [-0.39, 0.29) is 5.91 Å². The second kappa shape index (κ2) is 5.87. The molecule has 4 nitrogen and oxygen atoms in total. The zero-order chi connectivity index (χ0) is 14.8. The van der Waals surface area contributed by atoms with Crippen molar-refractivity contribution in [2.75, 3.05) is 0 Å². The molecule has 2 N–H and O–H groups in total. The fraction of sp³-hybridized carbons (Fsp3) is 0.0667. The Morgan fingerprint density at radius 1 is 1.33 bits per heavy atom. The van der Waals surface area contributed by atoms with Crippen molar-refractivity contribution in [3.8, 4) is 0 Å². The molecule has 21 heavy (non-hydrogen) atoms. The first-order valence-electron chi connectivity index (χ1n) is 6.29. The van der Waals surface area contributed by atoms with Crippen LogP contribution in [-0.4, -0.2) is 15.9 Å². The monoisotopic (exact) mass is 363 g/mol. The summed E-state index contributed by atoms with van der Waals surface area (Å²) in [5.74, 6) is -0.130. The Bertz CT molecular complexity index is 798. The highest BCUT2D eigenvalue weighted by Gasteiger charge is 2.12. The molecule has 2 aromatic heterocycles. The minimum Gasteiger partial charge on any atom is -0.359 e. The van der Waals surface area contributed by atoms with E-state index in [1.165, 1.54) is 0 Å². The molecule has 6 heteroatoms. The summed E-state index contributed by atoms with van der Waals surface area (Å²) in [7, 11) is 0. The number of nitrogens with zero attached hydrogens (tertiary/aromatic N) is 1. The van der Waals surface area contributed by atoms with Crippen molar-refractivity contribution in [1.82, 2.24) is 15.3 Å². The minimum absolute atomic E-state index is 0.130. The third-order valence-corrected chi connectivity index (χ3v) is 4.04. The lowest BCUT2D eigenvalue weighted by Gasteiger charge is -2.04. The van der Waals surface area contributed by atoms with Crippen LogP contribution in [-0.2, 0) is 6.54 Å². The number of fused-ring (bicyclic) bond motifs is 1. The number of aromatic amines is 1. The maximum Gasteiger partial charge on any atom is 0.253 e. The van der Waals surface area contributed by atoms with Gasteiger partial charge < -0.3 is 10.3 Å². The second-order valence-corrected chi connectivity index (χ2v) is 5.78. The molecule has 0 atom stereocenters. The summed E-state index contributed by atoms with van der Waals surface area (Å²) in [6.07, 6.45) is 3.36. The Hall–Kier alpha value is -1.85. The van der Waals surface area contributed by atoms with Crippen LogP contribution in [0.4, 0.5) is 0 Å². The number of hydrogen-bond donors (Lipinski definition) is 2. The predicted octanol–water partition coefficient (Wildman–Crippen LogP) is 3.91. The first kappa shape index (κ1) is 14.1. The van der Waals surface area contributed by atoms with Crippen LogP contribution in [0.15, 0.2) is 47.2 Å². The predicted molar refractivity (Wildman–Crippen MR) is 86.4 cm³/mol. The Balaban J connectivity index is 1.78. The molecule has 0 saturated carbocycles. The number of nitrogens with one attached hydrogen (secondary N) is 2. The number of amides is 1. The molecule has 0 fully saturated rings. The lowest BCUT2D eigenvalue weighted by molar-refractivity contribution is 0.0952. The molecule has 3 aromatic rings. The Labute approximate surface area is 134 Å². The molecule has 0 aliphatic heterocycles. The van der Waals surface area contributed by atoms with Gasteiger partial charge in [0.05, 0.1) is 11.1 Å². The molecule has 0 aliphatic carbocycles. The van der Waals surface area contributed by atoms with Crippen molar-refractivity contribution in [2.45, 2.75) is 6.54 Å². The number of benzene rings is 1. The van der Waals surface area contributed by atoms with E-state index in [0.717, 1.165) is 20.9 Å². The van der Waals surface area contributed by atoms with E-state index in [1.807, 2.05) is 24.3 Å². The van der Waals surface area contributed by atoms with Crippen LogP contribution in [0.3, 0.4) is 0 Å². The molecule has 0 unspecified atom stereocenters. The topological polar surface area (TPSA) is 57.8 Å². The van der Waals surface area contributed by atoms with Crippen LogP contribution < -0.4 is 5.32 Å². The van der Waals surface area contributed by atoms with Gasteiger partial charge in [-0.05, 0) is 33.6 Å². The normalized spacial score (nSPS) is 10.8. The van der Waals surface area contributed by atoms with E-state index in [4.69, 9.17) is 11.6 Å². The van der Waals surface area contributed by atoms with Gasteiger partial charge in [0.1, 0.15) is 5.15 Å². The fourth-order valence-corrected chi connectivity index (χ4v) is 2.69. The van der Waals surface area contributed by atoms with Crippen molar-refractivity contribution in [1.29, 1.82) is 0 Å². The molecule has 1 aromatic carbocycles. The summed E-state index contributed by atoms with van der Waals surface area (Å²) in [6, 6.07) is 9.28. The summed E-state index contributed by atoms with van der Waals surface area (Å²) < 4.78 is 0.931. The lowest BCUT2D eigenvalue weighted by atomic mass is 10.1. The average molecular weight is 365 g/mol. The fourth-order valence-electron chi connectivity index (χ4n) is 2.09. The largest absolute Gasteiger partial charge is 0.359 e. The SMILES string of the molecule is O=C(NCc1ccc(Cl)nc1)c1c[nH]c2c(Br)cccc12. The first-order valence-corrected chi connectivity index (χ1v) is 7.46. The maximum atomic E-state index is 12.3. The van der Waals surface area contributed by atoms with Gasteiger partial charge in [-0.3, -0.25) is 4.79 Å². The molecule has 0 bridgehead atoms. The Morgan fingerprint density at radius 3 is 2.95 bits per heavy atom. The van der Waals surface area contributed by atoms with Gasteiger partial charge in [0.25, 0.3) is 5.91 Å². The van der Waals surface area contributed by atoms with Crippen LogP contribution >= 0.6 is 27.5 Å². The van der Waals surface area contributed by atoms with E-state index in [0.29, 0.717) is 17.3 Å².